The SMILES string of the molecule is OC[C@H]1O[C@H](O[C@]2(CBr)O[C@H](CBr)[C@@H](Br)[C@@H]2O)[C@H](O)[C@@H](O)[C@H]1Cl. The topological polar surface area (TPSA) is 109 Å². The van der Waals surface area contributed by atoms with Crippen LogP contribution >= 0.6 is 59.4 Å². The molecular weight excluding hydrogens is 531 g/mol. The van der Waals surface area contributed by atoms with Gasteiger partial charge in [0.15, 0.2) is 6.29 Å². The van der Waals surface area contributed by atoms with Crippen LogP contribution < -0.4 is 0 Å². The van der Waals surface area contributed by atoms with Gasteiger partial charge in [-0.1, -0.05) is 47.8 Å². The Balaban J connectivity index is 2.18. The van der Waals surface area contributed by atoms with Crippen molar-refractivity contribution in [2.75, 3.05) is 17.3 Å². The van der Waals surface area contributed by atoms with Gasteiger partial charge in [0.25, 0.3) is 0 Å². The first kappa shape index (κ1) is 20.8. The molecule has 0 bridgehead atoms. The van der Waals surface area contributed by atoms with Gasteiger partial charge in [-0.05, 0) is 0 Å². The number of halogens is 4. The van der Waals surface area contributed by atoms with Crippen LogP contribution in [0.1, 0.15) is 0 Å². The van der Waals surface area contributed by atoms with Gasteiger partial charge in [0.1, 0.15) is 24.4 Å². The summed E-state index contributed by atoms with van der Waals surface area (Å²) in [5.41, 5.74) is 0. The van der Waals surface area contributed by atoms with Crippen molar-refractivity contribution < 1.29 is 34.6 Å². The van der Waals surface area contributed by atoms with E-state index in [-0.39, 0.29) is 11.4 Å². The standard InChI is InChI=1S/C12H18Br3ClO7/c13-1-4-6(15)10(20)12(3-14,22-4)23-11-9(19)8(18)7(16)5(2-17)21-11/h4-11,17-20H,1-3H2/t4-,5-,6-,7+,8+,9-,10+,11-,12+/m1/s1. The molecular formula is C12H18Br3ClO7. The number of ether oxygens (including phenoxy) is 3. The van der Waals surface area contributed by atoms with Crippen molar-refractivity contribution in [3.8, 4) is 0 Å². The van der Waals surface area contributed by atoms with Gasteiger partial charge in [0.05, 0.1) is 28.2 Å². The molecule has 0 spiro atoms. The predicted molar refractivity (Wildman–Crippen MR) is 92.4 cm³/mol. The molecule has 0 radical (unpaired) electrons. The Morgan fingerprint density at radius 3 is 2.26 bits per heavy atom. The van der Waals surface area contributed by atoms with Crippen LogP contribution in [0.4, 0.5) is 0 Å². The van der Waals surface area contributed by atoms with Crippen molar-refractivity contribution in [3.05, 3.63) is 0 Å². The van der Waals surface area contributed by atoms with Gasteiger partial charge >= 0.3 is 0 Å². The zero-order valence-electron chi connectivity index (χ0n) is 11.8. The fraction of sp³-hybridized carbons (Fsp3) is 1.00. The molecule has 2 aliphatic rings. The lowest BCUT2D eigenvalue weighted by Gasteiger charge is -2.43. The summed E-state index contributed by atoms with van der Waals surface area (Å²) in [5.74, 6) is -1.49. The van der Waals surface area contributed by atoms with Crippen LogP contribution in [0, 0.1) is 0 Å². The number of hydrogen-bond donors (Lipinski definition) is 4. The van der Waals surface area contributed by atoms with Gasteiger partial charge in [-0.15, -0.1) is 11.6 Å². The van der Waals surface area contributed by atoms with Gasteiger partial charge in [-0.3, -0.25) is 0 Å². The Morgan fingerprint density at radius 1 is 1.13 bits per heavy atom. The van der Waals surface area contributed by atoms with Gasteiger partial charge in [-0.25, -0.2) is 0 Å². The first-order valence-electron chi connectivity index (χ1n) is 6.87. The predicted octanol–water partition coefficient (Wildman–Crippen LogP) is 0.0587. The Kier molecular flexibility index (Phi) is 7.61. The number of hydrogen-bond acceptors (Lipinski definition) is 7. The summed E-state index contributed by atoms with van der Waals surface area (Å²) >= 11 is 15.8. The van der Waals surface area contributed by atoms with Crippen molar-refractivity contribution in [2.24, 2.45) is 0 Å². The van der Waals surface area contributed by atoms with E-state index >= 15 is 0 Å². The monoisotopic (exact) mass is 546 g/mol. The minimum absolute atomic E-state index is 0.101. The fourth-order valence-electron chi connectivity index (χ4n) is 2.53. The number of aliphatic hydroxyl groups is 4. The molecule has 11 heteroatoms. The largest absolute Gasteiger partial charge is 0.394 e. The molecule has 7 nitrogen and oxygen atoms in total. The maximum atomic E-state index is 10.4. The number of aliphatic hydroxyl groups excluding tert-OH is 4. The van der Waals surface area contributed by atoms with Crippen molar-refractivity contribution in [2.45, 2.75) is 52.8 Å². The second kappa shape index (κ2) is 8.43. The van der Waals surface area contributed by atoms with Crippen LogP contribution in [0.5, 0.6) is 0 Å². The summed E-state index contributed by atoms with van der Waals surface area (Å²) in [7, 11) is 0. The summed E-state index contributed by atoms with van der Waals surface area (Å²) in [6.45, 7) is -0.451. The van der Waals surface area contributed by atoms with E-state index in [2.05, 4.69) is 47.8 Å². The third-order valence-corrected chi connectivity index (χ3v) is 6.96. The van der Waals surface area contributed by atoms with Crippen molar-refractivity contribution in [1.29, 1.82) is 0 Å². The molecule has 0 amide bonds. The third-order valence-electron chi connectivity index (χ3n) is 3.91. The maximum absolute atomic E-state index is 10.4. The molecule has 0 aliphatic carbocycles. The van der Waals surface area contributed by atoms with Gasteiger partial charge in [0, 0.05) is 5.33 Å². The van der Waals surface area contributed by atoms with Gasteiger partial charge in [-0.2, -0.15) is 0 Å². The van der Waals surface area contributed by atoms with E-state index in [1.54, 1.807) is 0 Å². The smallest absolute Gasteiger partial charge is 0.208 e. The van der Waals surface area contributed by atoms with Crippen LogP contribution in [0.2, 0.25) is 0 Å². The molecule has 9 atom stereocenters. The Hall–Kier alpha value is 1.45. The Labute approximate surface area is 163 Å². The highest BCUT2D eigenvalue weighted by Crippen LogP contribution is 2.41. The van der Waals surface area contributed by atoms with Crippen molar-refractivity contribution in [1.82, 2.24) is 0 Å². The first-order chi connectivity index (χ1) is 10.8. The highest BCUT2D eigenvalue weighted by Gasteiger charge is 2.57. The van der Waals surface area contributed by atoms with Crippen molar-refractivity contribution >= 4 is 59.4 Å². The highest BCUT2D eigenvalue weighted by molar-refractivity contribution is 9.10. The van der Waals surface area contributed by atoms with Crippen LogP contribution in [-0.4, -0.2) is 90.5 Å². The van der Waals surface area contributed by atoms with Crippen molar-refractivity contribution in [3.63, 3.8) is 0 Å². The second-order valence-corrected chi connectivity index (χ2v) is 8.18. The third kappa shape index (κ3) is 3.92. The van der Waals surface area contributed by atoms with Crippen LogP contribution in [-0.2, 0) is 14.2 Å². The molecule has 136 valence electrons. The molecule has 2 aliphatic heterocycles. The molecule has 0 saturated carbocycles. The Morgan fingerprint density at radius 2 is 1.78 bits per heavy atom. The molecule has 2 rings (SSSR count). The second-order valence-electron chi connectivity index (χ2n) is 5.41. The molecule has 4 N–H and O–H groups in total. The van der Waals surface area contributed by atoms with E-state index in [1.807, 2.05) is 0 Å². The van der Waals surface area contributed by atoms with E-state index < -0.39 is 53.3 Å². The molecule has 0 unspecified atom stereocenters. The molecule has 0 aromatic carbocycles. The van der Waals surface area contributed by atoms with E-state index in [0.29, 0.717) is 5.33 Å². The molecule has 2 saturated heterocycles. The first-order valence-corrected chi connectivity index (χ1v) is 10.5. The lowest BCUT2D eigenvalue weighted by atomic mass is 10.0. The lowest BCUT2D eigenvalue weighted by Crippen LogP contribution is -2.61. The number of alkyl halides is 4. The minimum atomic E-state index is -1.49. The zero-order chi connectivity index (χ0) is 17.4. The average Bonchev–Trinajstić information content (AvgIpc) is 2.80. The fourth-order valence-corrected chi connectivity index (χ4v) is 5.15. The lowest BCUT2D eigenvalue weighted by molar-refractivity contribution is -0.356. The summed E-state index contributed by atoms with van der Waals surface area (Å²) in [4.78, 5) is -0.403. The minimum Gasteiger partial charge on any atom is -0.394 e. The zero-order valence-corrected chi connectivity index (χ0v) is 17.3. The van der Waals surface area contributed by atoms with Gasteiger partial charge in [0.2, 0.25) is 5.79 Å². The van der Waals surface area contributed by atoms with E-state index in [4.69, 9.17) is 25.8 Å². The summed E-state index contributed by atoms with van der Waals surface area (Å²) in [5, 5.41) is 39.4. The van der Waals surface area contributed by atoms with E-state index in [1.165, 1.54) is 0 Å². The summed E-state index contributed by atoms with van der Waals surface area (Å²) in [6.07, 6.45) is -6.48. The van der Waals surface area contributed by atoms with Crippen LogP contribution in [0.15, 0.2) is 0 Å². The summed E-state index contributed by atoms with van der Waals surface area (Å²) < 4.78 is 16.9. The molecule has 2 heterocycles. The molecule has 0 aromatic rings. The number of rotatable bonds is 5. The van der Waals surface area contributed by atoms with E-state index in [0.717, 1.165) is 0 Å². The molecule has 23 heavy (non-hydrogen) atoms. The maximum Gasteiger partial charge on any atom is 0.208 e. The normalized spacial score (nSPS) is 51.1. The van der Waals surface area contributed by atoms with Gasteiger partial charge < -0.3 is 34.6 Å². The van der Waals surface area contributed by atoms with Crippen LogP contribution in [0.3, 0.4) is 0 Å². The summed E-state index contributed by atoms with van der Waals surface area (Å²) in [6, 6.07) is 0. The Bertz CT molecular complexity index is 407. The highest BCUT2D eigenvalue weighted by atomic mass is 79.9. The molecule has 2 fully saturated rings. The quantitative estimate of drug-likeness (QED) is 0.360. The average molecular weight is 549 g/mol. The van der Waals surface area contributed by atoms with Crippen LogP contribution in [0.25, 0.3) is 0 Å². The molecule has 0 aromatic heterocycles. The van der Waals surface area contributed by atoms with E-state index in [9.17, 15) is 20.4 Å².